The molecule has 6 nitrogen and oxygen atoms in total. The van der Waals surface area contributed by atoms with Crippen molar-refractivity contribution in [2.75, 3.05) is 17.1 Å². The molecular formula is C19H22N2O4S. The Bertz CT molecular complexity index is 1010. The molecule has 1 aliphatic rings. The number of nitrogens with one attached hydrogen (secondary N) is 2. The van der Waals surface area contributed by atoms with E-state index in [4.69, 9.17) is 4.74 Å². The number of hydrogen-bond acceptors (Lipinski definition) is 4. The number of rotatable bonds is 4. The lowest BCUT2D eigenvalue weighted by molar-refractivity contribution is -0.119. The molecule has 0 aliphatic carbocycles. The minimum atomic E-state index is -3.84. The fourth-order valence-electron chi connectivity index (χ4n) is 2.98. The third-order valence-corrected chi connectivity index (χ3v) is 6.23. The summed E-state index contributed by atoms with van der Waals surface area (Å²) in [5.41, 5.74) is 2.95. The lowest BCUT2D eigenvalue weighted by Gasteiger charge is -2.17. The van der Waals surface area contributed by atoms with Crippen LogP contribution in [0.15, 0.2) is 35.2 Å². The number of hydrogen-bond donors (Lipinski definition) is 2. The minimum Gasteiger partial charge on any atom is -0.495 e. The second kappa shape index (κ2) is 6.02. The highest BCUT2D eigenvalue weighted by Crippen LogP contribution is 2.39. The zero-order valence-corrected chi connectivity index (χ0v) is 16.2. The van der Waals surface area contributed by atoms with Crippen LogP contribution in [-0.4, -0.2) is 21.4 Å². The number of carbonyl (C=O) groups is 1. The van der Waals surface area contributed by atoms with Crippen LogP contribution >= 0.6 is 0 Å². The molecule has 0 bridgehead atoms. The van der Waals surface area contributed by atoms with Gasteiger partial charge >= 0.3 is 0 Å². The molecule has 2 aromatic carbocycles. The molecular weight excluding hydrogens is 352 g/mol. The number of fused-ring (bicyclic) bond motifs is 1. The molecule has 0 fully saturated rings. The molecule has 0 saturated carbocycles. The van der Waals surface area contributed by atoms with Gasteiger partial charge in [-0.25, -0.2) is 8.42 Å². The summed E-state index contributed by atoms with van der Waals surface area (Å²) in [6, 6.07) is 8.33. The van der Waals surface area contributed by atoms with E-state index in [0.717, 1.165) is 16.7 Å². The predicted molar refractivity (Wildman–Crippen MR) is 101 cm³/mol. The Kier molecular flexibility index (Phi) is 4.23. The van der Waals surface area contributed by atoms with Crippen LogP contribution in [0.1, 0.15) is 30.5 Å². The predicted octanol–water partition coefficient (Wildman–Crippen LogP) is 3.34. The average molecular weight is 374 g/mol. The fourth-order valence-corrected chi connectivity index (χ4v) is 4.26. The van der Waals surface area contributed by atoms with Crippen molar-refractivity contribution in [1.29, 1.82) is 0 Å². The molecule has 0 radical (unpaired) electrons. The first kappa shape index (κ1) is 18.3. The van der Waals surface area contributed by atoms with E-state index in [-0.39, 0.29) is 10.8 Å². The van der Waals surface area contributed by atoms with Gasteiger partial charge in [-0.15, -0.1) is 0 Å². The number of aryl methyl sites for hydroxylation is 2. The number of methoxy groups -OCH3 is 1. The second-order valence-electron chi connectivity index (χ2n) is 7.03. The van der Waals surface area contributed by atoms with Crippen molar-refractivity contribution in [3.05, 3.63) is 47.0 Å². The van der Waals surface area contributed by atoms with Crippen LogP contribution in [0.25, 0.3) is 0 Å². The van der Waals surface area contributed by atoms with Gasteiger partial charge in [-0.2, -0.15) is 0 Å². The zero-order chi connectivity index (χ0) is 19.3. The molecule has 1 amide bonds. The summed E-state index contributed by atoms with van der Waals surface area (Å²) in [5.74, 6) is 0.183. The van der Waals surface area contributed by atoms with Crippen LogP contribution in [0.5, 0.6) is 5.75 Å². The van der Waals surface area contributed by atoms with Gasteiger partial charge in [0.25, 0.3) is 10.0 Å². The van der Waals surface area contributed by atoms with Crippen molar-refractivity contribution in [3.63, 3.8) is 0 Å². The first-order valence-electron chi connectivity index (χ1n) is 8.20. The van der Waals surface area contributed by atoms with Crippen molar-refractivity contribution in [3.8, 4) is 5.75 Å². The maximum atomic E-state index is 12.9. The molecule has 0 atom stereocenters. The van der Waals surface area contributed by atoms with Gasteiger partial charge < -0.3 is 10.1 Å². The van der Waals surface area contributed by atoms with Crippen molar-refractivity contribution in [2.24, 2.45) is 0 Å². The van der Waals surface area contributed by atoms with Gasteiger partial charge in [-0.05, 0) is 74.7 Å². The van der Waals surface area contributed by atoms with Crippen LogP contribution in [0.2, 0.25) is 0 Å². The van der Waals surface area contributed by atoms with Crippen molar-refractivity contribution in [2.45, 2.75) is 38.0 Å². The summed E-state index contributed by atoms with van der Waals surface area (Å²) >= 11 is 0. The van der Waals surface area contributed by atoms with Crippen LogP contribution in [0, 0.1) is 13.8 Å². The molecule has 3 rings (SSSR count). The highest BCUT2D eigenvalue weighted by atomic mass is 32.2. The van der Waals surface area contributed by atoms with Gasteiger partial charge in [0.15, 0.2) is 0 Å². The Balaban J connectivity index is 2.01. The summed E-state index contributed by atoms with van der Waals surface area (Å²) in [5, 5.41) is 2.81. The lowest BCUT2D eigenvalue weighted by atomic mass is 9.86. The van der Waals surface area contributed by atoms with Crippen LogP contribution in [0.3, 0.4) is 0 Å². The topological polar surface area (TPSA) is 84.5 Å². The first-order valence-corrected chi connectivity index (χ1v) is 9.68. The fraction of sp³-hybridized carbons (Fsp3) is 0.316. The van der Waals surface area contributed by atoms with E-state index in [1.54, 1.807) is 44.2 Å². The van der Waals surface area contributed by atoms with E-state index in [1.807, 2.05) is 13.8 Å². The van der Waals surface area contributed by atoms with Crippen molar-refractivity contribution >= 4 is 27.3 Å². The molecule has 1 heterocycles. The number of ether oxygens (including phenoxy) is 1. The summed E-state index contributed by atoms with van der Waals surface area (Å²) in [6.07, 6.45) is 0. The zero-order valence-electron chi connectivity index (χ0n) is 15.4. The molecule has 0 spiro atoms. The lowest BCUT2D eigenvalue weighted by Crippen LogP contribution is -2.27. The SMILES string of the molecule is COc1cc(C)c(C)cc1S(=O)(=O)Nc1ccc2c(c1)C(C)(C)C(=O)N2. The Labute approximate surface area is 153 Å². The molecule has 2 aromatic rings. The van der Waals surface area contributed by atoms with Gasteiger partial charge in [0.1, 0.15) is 10.6 Å². The summed E-state index contributed by atoms with van der Waals surface area (Å²) < 4.78 is 33.6. The Morgan fingerprint density at radius 2 is 1.73 bits per heavy atom. The quantitative estimate of drug-likeness (QED) is 0.860. The number of sulfonamides is 1. The molecule has 138 valence electrons. The smallest absolute Gasteiger partial charge is 0.265 e. The van der Waals surface area contributed by atoms with Gasteiger partial charge in [-0.1, -0.05) is 0 Å². The second-order valence-corrected chi connectivity index (χ2v) is 8.68. The molecule has 2 N–H and O–H groups in total. The van der Waals surface area contributed by atoms with E-state index < -0.39 is 15.4 Å². The average Bonchev–Trinajstić information content (AvgIpc) is 2.79. The van der Waals surface area contributed by atoms with E-state index in [2.05, 4.69) is 10.0 Å². The number of carbonyl (C=O) groups excluding carboxylic acids is 1. The van der Waals surface area contributed by atoms with Gasteiger partial charge in [0.2, 0.25) is 5.91 Å². The maximum Gasteiger partial charge on any atom is 0.265 e. The Hall–Kier alpha value is -2.54. The summed E-state index contributed by atoms with van der Waals surface area (Å²) in [7, 11) is -2.40. The Morgan fingerprint density at radius 1 is 1.08 bits per heavy atom. The van der Waals surface area contributed by atoms with Gasteiger partial charge in [0.05, 0.1) is 12.5 Å². The molecule has 0 saturated heterocycles. The van der Waals surface area contributed by atoms with E-state index in [9.17, 15) is 13.2 Å². The summed E-state index contributed by atoms with van der Waals surface area (Å²) in [4.78, 5) is 12.1. The molecule has 0 unspecified atom stereocenters. The summed E-state index contributed by atoms with van der Waals surface area (Å²) in [6.45, 7) is 7.36. The first-order chi connectivity index (χ1) is 12.1. The van der Waals surface area contributed by atoms with Crippen molar-refractivity contribution < 1.29 is 17.9 Å². The Morgan fingerprint density at radius 3 is 2.38 bits per heavy atom. The highest BCUT2D eigenvalue weighted by Gasteiger charge is 2.38. The molecule has 26 heavy (non-hydrogen) atoms. The minimum absolute atomic E-state index is 0.0806. The molecule has 0 aromatic heterocycles. The standard InChI is InChI=1S/C19H22N2O4S/c1-11-8-16(25-5)17(9-12(11)2)26(23,24)21-13-6-7-15-14(10-13)19(3,4)18(22)20-15/h6-10,21H,1-5H3,(H,20,22). The molecule has 7 heteroatoms. The van der Waals surface area contributed by atoms with Crippen molar-refractivity contribution in [1.82, 2.24) is 0 Å². The van der Waals surface area contributed by atoms with Gasteiger partial charge in [-0.3, -0.25) is 9.52 Å². The number of benzene rings is 2. The highest BCUT2D eigenvalue weighted by molar-refractivity contribution is 7.92. The normalized spacial score (nSPS) is 15.3. The molecule has 1 aliphatic heterocycles. The van der Waals surface area contributed by atoms with Crippen LogP contribution < -0.4 is 14.8 Å². The monoisotopic (exact) mass is 374 g/mol. The van der Waals surface area contributed by atoms with E-state index >= 15 is 0 Å². The van der Waals surface area contributed by atoms with E-state index in [0.29, 0.717) is 17.1 Å². The van der Waals surface area contributed by atoms with E-state index in [1.165, 1.54) is 7.11 Å². The maximum absolute atomic E-state index is 12.9. The largest absolute Gasteiger partial charge is 0.495 e. The number of amides is 1. The van der Waals surface area contributed by atoms with Gasteiger partial charge in [0, 0.05) is 11.4 Å². The van der Waals surface area contributed by atoms with Crippen LogP contribution in [-0.2, 0) is 20.2 Å². The van der Waals surface area contributed by atoms with Crippen LogP contribution in [0.4, 0.5) is 11.4 Å². The third-order valence-electron chi connectivity index (χ3n) is 4.83. The third kappa shape index (κ3) is 2.92. The number of anilines is 2.